The molecule has 1 N–H and O–H groups in total. The van der Waals surface area contributed by atoms with Crippen LogP contribution >= 0.6 is 0 Å². The van der Waals surface area contributed by atoms with Gasteiger partial charge in [-0.15, -0.1) is 0 Å². The molecule has 4 nitrogen and oxygen atoms in total. The highest BCUT2D eigenvalue weighted by atomic mass is 16.1. The number of aryl methyl sites for hydroxylation is 1. The first-order chi connectivity index (χ1) is 8.47. The standard InChI is InChI=1S/C14H23N3O/c1-11(2)5-6-12(3)16-14(18)8-7-13-9-15-17(4)10-13/h7-12H,5-6H2,1-4H3,(H,16,18)/b8-7+/t12-/m1/s1. The number of carbonyl (C=O) groups excluding carboxylic acids is 1. The van der Waals surface area contributed by atoms with Crippen LogP contribution in [0.3, 0.4) is 0 Å². The summed E-state index contributed by atoms with van der Waals surface area (Å²) in [5.41, 5.74) is 0.933. The summed E-state index contributed by atoms with van der Waals surface area (Å²) in [5.74, 6) is 0.630. The van der Waals surface area contributed by atoms with Crippen molar-refractivity contribution in [1.29, 1.82) is 0 Å². The molecule has 0 fully saturated rings. The van der Waals surface area contributed by atoms with Gasteiger partial charge in [0, 0.05) is 30.9 Å². The van der Waals surface area contributed by atoms with Crippen LogP contribution in [0, 0.1) is 5.92 Å². The first-order valence-corrected chi connectivity index (χ1v) is 6.44. The Kier molecular flexibility index (Phi) is 5.62. The van der Waals surface area contributed by atoms with Gasteiger partial charge < -0.3 is 5.32 Å². The summed E-state index contributed by atoms with van der Waals surface area (Å²) in [6, 6.07) is 0.221. The maximum absolute atomic E-state index is 11.7. The topological polar surface area (TPSA) is 46.9 Å². The fourth-order valence-corrected chi connectivity index (χ4v) is 1.64. The molecule has 0 bridgehead atoms. The molecule has 0 aliphatic rings. The van der Waals surface area contributed by atoms with Gasteiger partial charge in [-0.25, -0.2) is 0 Å². The fraction of sp³-hybridized carbons (Fsp3) is 0.571. The van der Waals surface area contributed by atoms with E-state index in [0.29, 0.717) is 5.92 Å². The van der Waals surface area contributed by atoms with Crippen molar-refractivity contribution in [2.75, 3.05) is 0 Å². The molecule has 0 spiro atoms. The van der Waals surface area contributed by atoms with Crippen LogP contribution in [0.5, 0.6) is 0 Å². The molecule has 1 rings (SSSR count). The van der Waals surface area contributed by atoms with Crippen molar-refractivity contribution in [1.82, 2.24) is 15.1 Å². The highest BCUT2D eigenvalue weighted by Gasteiger charge is 2.05. The second kappa shape index (κ2) is 6.99. The van der Waals surface area contributed by atoms with Crippen LogP contribution in [0.1, 0.15) is 39.2 Å². The molecule has 1 atom stereocenters. The number of aromatic nitrogens is 2. The van der Waals surface area contributed by atoms with Crippen LogP contribution in [0.4, 0.5) is 0 Å². The Balaban J connectivity index is 2.34. The van der Waals surface area contributed by atoms with E-state index in [0.717, 1.165) is 18.4 Å². The van der Waals surface area contributed by atoms with Gasteiger partial charge in [0.15, 0.2) is 0 Å². The van der Waals surface area contributed by atoms with Gasteiger partial charge >= 0.3 is 0 Å². The Labute approximate surface area is 109 Å². The van der Waals surface area contributed by atoms with E-state index < -0.39 is 0 Å². The van der Waals surface area contributed by atoms with Crippen LogP contribution in [-0.4, -0.2) is 21.7 Å². The summed E-state index contributed by atoms with van der Waals surface area (Å²) < 4.78 is 1.71. The molecule has 0 saturated heterocycles. The first kappa shape index (κ1) is 14.5. The van der Waals surface area contributed by atoms with Gasteiger partial charge in [-0.2, -0.15) is 5.10 Å². The van der Waals surface area contributed by atoms with Crippen LogP contribution in [0.2, 0.25) is 0 Å². The maximum atomic E-state index is 11.7. The lowest BCUT2D eigenvalue weighted by atomic mass is 10.0. The second-order valence-electron chi connectivity index (χ2n) is 5.16. The highest BCUT2D eigenvalue weighted by molar-refractivity contribution is 5.91. The normalized spacial score (nSPS) is 13.2. The lowest BCUT2D eigenvalue weighted by Gasteiger charge is -2.13. The van der Waals surface area contributed by atoms with Crippen molar-refractivity contribution in [3.8, 4) is 0 Å². The zero-order chi connectivity index (χ0) is 13.5. The highest BCUT2D eigenvalue weighted by Crippen LogP contribution is 2.06. The Bertz CT molecular complexity index is 407. The molecule has 1 amide bonds. The van der Waals surface area contributed by atoms with Gasteiger partial charge in [0.25, 0.3) is 0 Å². The minimum Gasteiger partial charge on any atom is -0.350 e. The van der Waals surface area contributed by atoms with Crippen molar-refractivity contribution in [3.05, 3.63) is 24.0 Å². The van der Waals surface area contributed by atoms with Crippen molar-refractivity contribution in [2.24, 2.45) is 13.0 Å². The Morgan fingerprint density at radius 2 is 2.17 bits per heavy atom. The summed E-state index contributed by atoms with van der Waals surface area (Å²) >= 11 is 0. The molecule has 18 heavy (non-hydrogen) atoms. The second-order valence-corrected chi connectivity index (χ2v) is 5.16. The minimum absolute atomic E-state index is 0.0462. The lowest BCUT2D eigenvalue weighted by molar-refractivity contribution is -0.117. The van der Waals surface area contributed by atoms with Crippen molar-refractivity contribution < 1.29 is 4.79 Å². The minimum atomic E-state index is -0.0462. The number of nitrogens with zero attached hydrogens (tertiary/aromatic N) is 2. The van der Waals surface area contributed by atoms with Crippen LogP contribution in [0.25, 0.3) is 6.08 Å². The maximum Gasteiger partial charge on any atom is 0.244 e. The predicted molar refractivity (Wildman–Crippen MR) is 73.9 cm³/mol. The molecular weight excluding hydrogens is 226 g/mol. The average molecular weight is 249 g/mol. The van der Waals surface area contributed by atoms with Gasteiger partial charge in [-0.05, 0) is 31.8 Å². The molecule has 0 radical (unpaired) electrons. The average Bonchev–Trinajstić information content (AvgIpc) is 2.70. The molecule has 1 heterocycles. The molecule has 0 aliphatic heterocycles. The number of carbonyl (C=O) groups is 1. The Morgan fingerprint density at radius 1 is 1.44 bits per heavy atom. The van der Waals surface area contributed by atoms with Crippen LogP contribution < -0.4 is 5.32 Å². The van der Waals surface area contributed by atoms with E-state index in [1.165, 1.54) is 0 Å². The molecule has 0 saturated carbocycles. The summed E-state index contributed by atoms with van der Waals surface area (Å²) in [6.07, 6.45) is 9.08. The first-order valence-electron chi connectivity index (χ1n) is 6.44. The van der Waals surface area contributed by atoms with Crippen LogP contribution in [0.15, 0.2) is 18.5 Å². The number of rotatable bonds is 6. The molecule has 0 aromatic carbocycles. The lowest BCUT2D eigenvalue weighted by Crippen LogP contribution is -2.31. The quantitative estimate of drug-likeness (QED) is 0.787. The molecular formula is C14H23N3O. The van der Waals surface area contributed by atoms with E-state index >= 15 is 0 Å². The van der Waals surface area contributed by atoms with E-state index in [1.807, 2.05) is 20.2 Å². The van der Waals surface area contributed by atoms with Gasteiger partial charge in [0.05, 0.1) is 6.20 Å². The van der Waals surface area contributed by atoms with E-state index in [4.69, 9.17) is 0 Å². The molecule has 1 aromatic rings. The molecule has 0 aliphatic carbocycles. The van der Waals surface area contributed by atoms with E-state index in [-0.39, 0.29) is 11.9 Å². The Hall–Kier alpha value is -1.58. The molecule has 100 valence electrons. The molecule has 1 aromatic heterocycles. The van der Waals surface area contributed by atoms with Gasteiger partial charge in [-0.3, -0.25) is 9.48 Å². The van der Waals surface area contributed by atoms with Crippen molar-refractivity contribution >= 4 is 12.0 Å². The monoisotopic (exact) mass is 249 g/mol. The number of nitrogens with one attached hydrogen (secondary N) is 1. The third-order valence-corrected chi connectivity index (χ3v) is 2.72. The number of hydrogen-bond donors (Lipinski definition) is 1. The summed E-state index contributed by atoms with van der Waals surface area (Å²) in [5, 5.41) is 7.00. The zero-order valence-corrected chi connectivity index (χ0v) is 11.7. The fourth-order valence-electron chi connectivity index (χ4n) is 1.64. The van der Waals surface area contributed by atoms with Gasteiger partial charge in [0.1, 0.15) is 0 Å². The van der Waals surface area contributed by atoms with Crippen molar-refractivity contribution in [3.63, 3.8) is 0 Å². The van der Waals surface area contributed by atoms with E-state index in [1.54, 1.807) is 23.0 Å². The van der Waals surface area contributed by atoms with Crippen molar-refractivity contribution in [2.45, 2.75) is 39.7 Å². The number of amides is 1. The summed E-state index contributed by atoms with van der Waals surface area (Å²) in [7, 11) is 1.85. The SMILES string of the molecule is CC(C)CC[C@@H](C)NC(=O)/C=C/c1cnn(C)c1. The smallest absolute Gasteiger partial charge is 0.244 e. The number of hydrogen-bond acceptors (Lipinski definition) is 2. The summed E-state index contributed by atoms with van der Waals surface area (Å²) in [6.45, 7) is 6.42. The largest absolute Gasteiger partial charge is 0.350 e. The zero-order valence-electron chi connectivity index (χ0n) is 11.7. The summed E-state index contributed by atoms with van der Waals surface area (Å²) in [4.78, 5) is 11.7. The third kappa shape index (κ3) is 5.66. The predicted octanol–water partition coefficient (Wildman–Crippen LogP) is 2.37. The van der Waals surface area contributed by atoms with Gasteiger partial charge in [0.2, 0.25) is 5.91 Å². The van der Waals surface area contributed by atoms with Gasteiger partial charge in [-0.1, -0.05) is 13.8 Å². The van der Waals surface area contributed by atoms with Crippen LogP contribution in [-0.2, 0) is 11.8 Å². The van der Waals surface area contributed by atoms with E-state index in [2.05, 4.69) is 24.3 Å². The van der Waals surface area contributed by atoms with E-state index in [9.17, 15) is 4.79 Å². The molecule has 0 unspecified atom stereocenters. The molecule has 4 heteroatoms. The third-order valence-electron chi connectivity index (χ3n) is 2.72. The Morgan fingerprint density at radius 3 is 2.72 bits per heavy atom.